The Morgan fingerprint density at radius 3 is 2.44 bits per heavy atom. The van der Waals surface area contributed by atoms with E-state index in [1.54, 1.807) is 12.1 Å². The van der Waals surface area contributed by atoms with E-state index in [1.807, 2.05) is 12.1 Å². The van der Waals surface area contributed by atoms with E-state index in [0.29, 0.717) is 11.1 Å². The number of fused-ring (bicyclic) bond motifs is 1. The van der Waals surface area contributed by atoms with Gasteiger partial charge in [0.25, 0.3) is 0 Å². The van der Waals surface area contributed by atoms with Crippen LogP contribution in [-0.2, 0) is 30.2 Å². The molecule has 2 aromatic rings. The van der Waals surface area contributed by atoms with Crippen molar-refractivity contribution < 1.29 is 23.1 Å². The minimum Gasteiger partial charge on any atom is -0.481 e. The highest BCUT2D eigenvalue weighted by Gasteiger charge is 2.31. The van der Waals surface area contributed by atoms with Crippen molar-refractivity contribution in [3.63, 3.8) is 0 Å². The van der Waals surface area contributed by atoms with Crippen LogP contribution in [0.2, 0.25) is 0 Å². The molecule has 0 radical (unpaired) electrons. The van der Waals surface area contributed by atoms with E-state index in [2.05, 4.69) is 0 Å². The summed E-state index contributed by atoms with van der Waals surface area (Å²) in [7, 11) is 0. The third kappa shape index (κ3) is 4.03. The fourth-order valence-corrected chi connectivity index (χ4v) is 3.43. The maximum absolute atomic E-state index is 12.9. The van der Waals surface area contributed by atoms with E-state index >= 15 is 0 Å². The molecule has 1 atom stereocenters. The molecule has 0 saturated heterocycles. The van der Waals surface area contributed by atoms with Crippen molar-refractivity contribution in [1.82, 2.24) is 0 Å². The molecular weight excluding hydrogens is 329 g/mol. The summed E-state index contributed by atoms with van der Waals surface area (Å²) in [5.41, 5.74) is 2.70. The molecule has 0 spiro atoms. The Morgan fingerprint density at radius 2 is 1.76 bits per heavy atom. The van der Waals surface area contributed by atoms with Gasteiger partial charge < -0.3 is 5.11 Å². The second-order valence-electron chi connectivity index (χ2n) is 6.53. The number of carboxylic acid groups (broad SMARTS) is 1. The molecule has 0 amide bonds. The van der Waals surface area contributed by atoms with Crippen LogP contribution in [-0.4, -0.2) is 11.1 Å². The van der Waals surface area contributed by atoms with Crippen molar-refractivity contribution in [3.05, 3.63) is 70.3 Å². The van der Waals surface area contributed by atoms with Gasteiger partial charge in [0.05, 0.1) is 11.5 Å². The molecule has 0 bridgehead atoms. The Balaban J connectivity index is 1.89. The molecule has 0 aliphatic heterocycles. The summed E-state index contributed by atoms with van der Waals surface area (Å²) in [6.45, 7) is 0. The predicted molar refractivity (Wildman–Crippen MR) is 88.6 cm³/mol. The lowest BCUT2D eigenvalue weighted by atomic mass is 9.85. The van der Waals surface area contributed by atoms with Gasteiger partial charge in [-0.25, -0.2) is 0 Å². The molecule has 132 valence electrons. The first kappa shape index (κ1) is 17.5. The normalized spacial score (nSPS) is 15.5. The van der Waals surface area contributed by atoms with Gasteiger partial charge in [0, 0.05) is 0 Å². The quantitative estimate of drug-likeness (QED) is 0.845. The number of benzene rings is 2. The van der Waals surface area contributed by atoms with Crippen LogP contribution in [0.3, 0.4) is 0 Å². The third-order valence-corrected chi connectivity index (χ3v) is 4.77. The zero-order valence-corrected chi connectivity index (χ0v) is 13.6. The van der Waals surface area contributed by atoms with Crippen molar-refractivity contribution >= 4 is 5.97 Å². The van der Waals surface area contributed by atoms with E-state index in [0.717, 1.165) is 37.8 Å². The molecule has 1 N–H and O–H groups in total. The lowest BCUT2D eigenvalue weighted by Gasteiger charge is -2.20. The Morgan fingerprint density at radius 1 is 1.04 bits per heavy atom. The molecule has 3 rings (SSSR count). The number of alkyl halides is 3. The number of aliphatic carboxylic acids is 1. The maximum atomic E-state index is 12.9. The van der Waals surface area contributed by atoms with Crippen LogP contribution in [0.4, 0.5) is 13.2 Å². The van der Waals surface area contributed by atoms with Gasteiger partial charge >= 0.3 is 12.1 Å². The molecule has 1 aliphatic rings. The van der Waals surface area contributed by atoms with Crippen LogP contribution >= 0.6 is 0 Å². The molecule has 0 fully saturated rings. The molecule has 25 heavy (non-hydrogen) atoms. The van der Waals surface area contributed by atoms with Crippen LogP contribution in [0.15, 0.2) is 42.5 Å². The van der Waals surface area contributed by atoms with Gasteiger partial charge in [-0.1, -0.05) is 36.4 Å². The Kier molecular flexibility index (Phi) is 4.84. The van der Waals surface area contributed by atoms with Crippen molar-refractivity contribution in [2.24, 2.45) is 0 Å². The van der Waals surface area contributed by atoms with E-state index < -0.39 is 23.6 Å². The lowest BCUT2D eigenvalue weighted by Crippen LogP contribution is -2.16. The van der Waals surface area contributed by atoms with Crippen LogP contribution in [0.1, 0.15) is 46.6 Å². The fourth-order valence-electron chi connectivity index (χ4n) is 3.43. The van der Waals surface area contributed by atoms with Crippen molar-refractivity contribution in [1.29, 1.82) is 0 Å². The van der Waals surface area contributed by atoms with E-state index in [1.165, 1.54) is 17.2 Å². The molecule has 1 unspecified atom stereocenters. The predicted octanol–water partition coefficient (Wildman–Crippen LogP) is 5.00. The summed E-state index contributed by atoms with van der Waals surface area (Å²) in [5, 5.41) is 9.60. The van der Waals surface area contributed by atoms with Crippen molar-refractivity contribution in [2.75, 3.05) is 0 Å². The molecule has 0 aromatic heterocycles. The van der Waals surface area contributed by atoms with Crippen molar-refractivity contribution in [3.8, 4) is 0 Å². The van der Waals surface area contributed by atoms with E-state index in [9.17, 15) is 23.1 Å². The highest BCUT2D eigenvalue weighted by molar-refractivity contribution is 5.76. The first-order valence-electron chi connectivity index (χ1n) is 8.35. The smallest absolute Gasteiger partial charge is 0.416 e. The van der Waals surface area contributed by atoms with Crippen LogP contribution in [0.25, 0.3) is 0 Å². The Labute approximate surface area is 144 Å². The Hall–Kier alpha value is -2.30. The summed E-state index contributed by atoms with van der Waals surface area (Å²) in [6, 6.07) is 10.6. The number of hydrogen-bond donors (Lipinski definition) is 1. The second kappa shape index (κ2) is 6.90. The van der Waals surface area contributed by atoms with Crippen LogP contribution in [0, 0.1) is 0 Å². The van der Waals surface area contributed by atoms with Gasteiger partial charge in [0.2, 0.25) is 0 Å². The monoisotopic (exact) mass is 348 g/mol. The standard InChI is InChI=1S/C20H19F3O2/c21-20(22,23)17-7-3-4-13(10-17)11-18(19(24)25)16-9-8-14-5-1-2-6-15(14)12-16/h3-4,7-10,12,18H,1-2,5-6,11H2,(H,24,25). The highest BCUT2D eigenvalue weighted by atomic mass is 19.4. The average molecular weight is 348 g/mol. The zero-order chi connectivity index (χ0) is 18.0. The zero-order valence-electron chi connectivity index (χ0n) is 13.6. The lowest BCUT2D eigenvalue weighted by molar-refractivity contribution is -0.138. The minimum atomic E-state index is -4.43. The molecule has 2 nitrogen and oxygen atoms in total. The number of halogens is 3. The molecule has 5 heteroatoms. The molecule has 0 saturated carbocycles. The van der Waals surface area contributed by atoms with Gasteiger partial charge in [0.1, 0.15) is 0 Å². The fraction of sp³-hybridized carbons (Fsp3) is 0.350. The van der Waals surface area contributed by atoms with Gasteiger partial charge in [-0.2, -0.15) is 13.2 Å². The van der Waals surface area contributed by atoms with Crippen LogP contribution < -0.4 is 0 Å². The second-order valence-corrected chi connectivity index (χ2v) is 6.53. The summed E-state index contributed by atoms with van der Waals surface area (Å²) < 4.78 is 38.6. The first-order chi connectivity index (χ1) is 11.8. The van der Waals surface area contributed by atoms with E-state index in [4.69, 9.17) is 0 Å². The molecule has 2 aromatic carbocycles. The third-order valence-electron chi connectivity index (χ3n) is 4.77. The van der Waals surface area contributed by atoms with Crippen molar-refractivity contribution in [2.45, 2.75) is 44.2 Å². The summed E-state index contributed by atoms with van der Waals surface area (Å²) in [5.74, 6) is -1.87. The molecule has 1 aliphatic carbocycles. The number of carboxylic acids is 1. The molecular formula is C20H19F3O2. The summed E-state index contributed by atoms with van der Waals surface area (Å²) >= 11 is 0. The Bertz CT molecular complexity index is 781. The molecule has 0 heterocycles. The number of rotatable bonds is 4. The van der Waals surface area contributed by atoms with Crippen LogP contribution in [0.5, 0.6) is 0 Å². The summed E-state index contributed by atoms with van der Waals surface area (Å²) in [4.78, 5) is 11.7. The van der Waals surface area contributed by atoms with E-state index in [-0.39, 0.29) is 6.42 Å². The average Bonchev–Trinajstić information content (AvgIpc) is 2.58. The van der Waals surface area contributed by atoms with Gasteiger partial charge in [-0.3, -0.25) is 4.79 Å². The first-order valence-corrected chi connectivity index (χ1v) is 8.35. The SMILES string of the molecule is O=C(O)C(Cc1cccc(C(F)(F)F)c1)c1ccc2c(c1)CCCC2. The van der Waals surface area contributed by atoms with Gasteiger partial charge in [-0.15, -0.1) is 0 Å². The number of aryl methyl sites for hydroxylation is 2. The number of carbonyl (C=O) groups is 1. The topological polar surface area (TPSA) is 37.3 Å². The summed E-state index contributed by atoms with van der Waals surface area (Å²) in [6.07, 6.45) is -0.237. The van der Waals surface area contributed by atoms with Gasteiger partial charge in [-0.05, 0) is 60.4 Å². The maximum Gasteiger partial charge on any atom is 0.416 e. The highest BCUT2D eigenvalue weighted by Crippen LogP contribution is 2.32. The largest absolute Gasteiger partial charge is 0.481 e. The van der Waals surface area contributed by atoms with Gasteiger partial charge in [0.15, 0.2) is 0 Å². The number of hydrogen-bond acceptors (Lipinski definition) is 1. The minimum absolute atomic E-state index is 0.0397.